The maximum Gasteiger partial charge on any atom is 0.344 e. The Bertz CT molecular complexity index is 718. The normalized spacial score (nSPS) is 13.5. The Morgan fingerprint density at radius 3 is 2.36 bits per heavy atom. The molecule has 0 aromatic heterocycles. The van der Waals surface area contributed by atoms with Crippen molar-refractivity contribution >= 4 is 38.6 Å². The molecule has 6 nitrogen and oxygen atoms in total. The second-order valence-electron chi connectivity index (χ2n) is 4.78. The molecule has 0 saturated heterocycles. The van der Waals surface area contributed by atoms with Crippen LogP contribution in [0.4, 0.5) is 0 Å². The largest absolute Gasteiger partial charge is 0.480 e. The first-order valence-corrected chi connectivity index (χ1v) is 7.23. The maximum atomic E-state index is 11.2. The second kappa shape index (κ2) is 6.76. The van der Waals surface area contributed by atoms with Crippen molar-refractivity contribution < 1.29 is 24.5 Å². The molecule has 0 bridgehead atoms. The van der Waals surface area contributed by atoms with E-state index in [1.165, 1.54) is 0 Å². The number of carbonyl (C=O) groups is 2. The molecule has 0 aliphatic carbocycles. The molecule has 4 N–H and O–H groups in total. The number of nitrogens with two attached hydrogens (primary N) is 1. The van der Waals surface area contributed by atoms with Crippen molar-refractivity contribution in [1.29, 1.82) is 0 Å². The summed E-state index contributed by atoms with van der Waals surface area (Å²) in [5, 5.41) is 19.8. The molecule has 0 unspecified atom stereocenters. The van der Waals surface area contributed by atoms with E-state index in [4.69, 9.17) is 20.7 Å². The molecule has 0 spiro atoms. The molecule has 0 saturated carbocycles. The number of halogens is 1. The molecule has 0 amide bonds. The van der Waals surface area contributed by atoms with Crippen LogP contribution in [0.15, 0.2) is 40.9 Å². The van der Waals surface area contributed by atoms with Gasteiger partial charge in [0.05, 0.1) is 0 Å². The van der Waals surface area contributed by atoms with Crippen LogP contribution in [0.1, 0.15) is 6.42 Å². The fourth-order valence-corrected chi connectivity index (χ4v) is 2.34. The first kappa shape index (κ1) is 16.3. The summed E-state index contributed by atoms with van der Waals surface area (Å²) in [6.07, 6.45) is -1.64. The fourth-order valence-electron chi connectivity index (χ4n) is 1.96. The van der Waals surface area contributed by atoms with Crippen molar-refractivity contribution in [3.8, 4) is 5.75 Å². The van der Waals surface area contributed by atoms with Crippen molar-refractivity contribution in [3.63, 3.8) is 0 Å². The first-order chi connectivity index (χ1) is 10.4. The average molecular weight is 368 g/mol. The van der Waals surface area contributed by atoms with Crippen LogP contribution in [0, 0.1) is 0 Å². The van der Waals surface area contributed by atoms with Crippen LogP contribution >= 0.6 is 15.9 Å². The molecule has 0 radical (unpaired) electrons. The summed E-state index contributed by atoms with van der Waals surface area (Å²) in [5.41, 5.74) is 5.37. The van der Waals surface area contributed by atoms with Crippen molar-refractivity contribution in [2.75, 3.05) is 0 Å². The lowest BCUT2D eigenvalue weighted by molar-refractivity contribution is -0.146. The number of benzene rings is 2. The summed E-state index contributed by atoms with van der Waals surface area (Å²) in [6, 6.07) is 9.49. The third-order valence-electron chi connectivity index (χ3n) is 3.11. The predicted molar refractivity (Wildman–Crippen MR) is 83.9 cm³/mol. The highest BCUT2D eigenvalue weighted by Crippen LogP contribution is 2.25. The summed E-state index contributed by atoms with van der Waals surface area (Å²) in [4.78, 5) is 21.9. The molecule has 2 aromatic rings. The molecule has 22 heavy (non-hydrogen) atoms. The lowest BCUT2D eigenvalue weighted by atomic mass is 10.1. The molecule has 7 heteroatoms. The molecule has 0 aliphatic rings. The van der Waals surface area contributed by atoms with Gasteiger partial charge >= 0.3 is 11.9 Å². The molecular formula is C15H14BrNO5. The highest BCUT2D eigenvalue weighted by Gasteiger charge is 2.26. The Labute approximate surface area is 134 Å². The van der Waals surface area contributed by atoms with Gasteiger partial charge in [0.25, 0.3) is 0 Å². The van der Waals surface area contributed by atoms with Crippen molar-refractivity contribution in [1.82, 2.24) is 0 Å². The lowest BCUT2D eigenvalue weighted by Crippen LogP contribution is -2.39. The zero-order chi connectivity index (χ0) is 16.3. The summed E-state index contributed by atoms with van der Waals surface area (Å²) in [5.74, 6) is -2.18. The zero-order valence-electron chi connectivity index (χ0n) is 11.4. The summed E-state index contributed by atoms with van der Waals surface area (Å²) < 4.78 is 6.32. The lowest BCUT2D eigenvalue weighted by Gasteiger charge is -2.17. The Kier molecular flexibility index (Phi) is 4.99. The topological polar surface area (TPSA) is 110 Å². The molecule has 116 valence electrons. The van der Waals surface area contributed by atoms with Gasteiger partial charge in [0.2, 0.25) is 0 Å². The van der Waals surface area contributed by atoms with Crippen LogP contribution in [-0.4, -0.2) is 34.3 Å². The van der Waals surface area contributed by atoms with Gasteiger partial charge in [0.15, 0.2) is 6.10 Å². The summed E-state index contributed by atoms with van der Waals surface area (Å²) in [6.45, 7) is 0. The number of rotatable bonds is 6. The quantitative estimate of drug-likeness (QED) is 0.721. The van der Waals surface area contributed by atoms with Crippen molar-refractivity contribution in [2.45, 2.75) is 18.6 Å². The molecule has 2 aromatic carbocycles. The van der Waals surface area contributed by atoms with Crippen LogP contribution < -0.4 is 10.5 Å². The van der Waals surface area contributed by atoms with Gasteiger partial charge < -0.3 is 20.7 Å². The SMILES string of the molecule is N[C@@H](C[C@@H](Oc1ccc2cc(Br)ccc2c1)C(=O)O)C(=O)O. The van der Waals surface area contributed by atoms with Gasteiger partial charge in [-0.05, 0) is 35.0 Å². The Hall–Kier alpha value is -2.12. The van der Waals surface area contributed by atoms with Crippen molar-refractivity contribution in [2.24, 2.45) is 5.73 Å². The van der Waals surface area contributed by atoms with Crippen LogP contribution in [0.25, 0.3) is 10.8 Å². The minimum Gasteiger partial charge on any atom is -0.480 e. The van der Waals surface area contributed by atoms with E-state index in [1.54, 1.807) is 18.2 Å². The molecular weight excluding hydrogens is 354 g/mol. The van der Waals surface area contributed by atoms with Gasteiger partial charge in [-0.2, -0.15) is 0 Å². The number of fused-ring (bicyclic) bond motifs is 1. The van der Waals surface area contributed by atoms with Gasteiger partial charge in [-0.3, -0.25) is 4.79 Å². The van der Waals surface area contributed by atoms with E-state index in [9.17, 15) is 9.59 Å². The maximum absolute atomic E-state index is 11.2. The van der Waals surface area contributed by atoms with Gasteiger partial charge in [-0.1, -0.05) is 28.1 Å². The molecule has 0 heterocycles. The standard InChI is InChI=1S/C15H14BrNO5/c16-10-3-1-9-6-11(4-2-8(9)5-10)22-13(15(20)21)7-12(17)14(18)19/h1-6,12-13H,7,17H2,(H,18,19)(H,20,21)/t12-,13+/m0/s1. The van der Waals surface area contributed by atoms with Crippen LogP contribution in [0.5, 0.6) is 5.75 Å². The number of aliphatic carboxylic acids is 2. The van der Waals surface area contributed by atoms with Gasteiger partial charge in [0.1, 0.15) is 11.8 Å². The highest BCUT2D eigenvalue weighted by molar-refractivity contribution is 9.10. The van der Waals surface area contributed by atoms with Crippen LogP contribution in [-0.2, 0) is 9.59 Å². The van der Waals surface area contributed by atoms with Gasteiger partial charge in [-0.25, -0.2) is 4.79 Å². The number of hydrogen-bond acceptors (Lipinski definition) is 4. The van der Waals surface area contributed by atoms with Gasteiger partial charge in [0, 0.05) is 10.9 Å². The second-order valence-corrected chi connectivity index (χ2v) is 5.69. The van der Waals surface area contributed by atoms with E-state index in [0.29, 0.717) is 5.75 Å². The third-order valence-corrected chi connectivity index (χ3v) is 3.61. The van der Waals surface area contributed by atoms with Crippen LogP contribution in [0.2, 0.25) is 0 Å². The minimum atomic E-state index is -1.32. The Morgan fingerprint density at radius 2 is 1.73 bits per heavy atom. The van der Waals surface area contributed by atoms with E-state index in [-0.39, 0.29) is 6.42 Å². The van der Waals surface area contributed by atoms with Crippen LogP contribution in [0.3, 0.4) is 0 Å². The monoisotopic (exact) mass is 367 g/mol. The minimum absolute atomic E-state index is 0.316. The summed E-state index contributed by atoms with van der Waals surface area (Å²) >= 11 is 3.37. The van der Waals surface area contributed by atoms with E-state index < -0.39 is 24.1 Å². The molecule has 0 aliphatic heterocycles. The predicted octanol–water partition coefficient (Wildman–Crippen LogP) is 2.24. The zero-order valence-corrected chi connectivity index (χ0v) is 13.0. The van der Waals surface area contributed by atoms with E-state index in [0.717, 1.165) is 15.2 Å². The average Bonchev–Trinajstić information content (AvgIpc) is 2.46. The van der Waals surface area contributed by atoms with E-state index in [1.807, 2.05) is 18.2 Å². The smallest absolute Gasteiger partial charge is 0.344 e. The fraction of sp³-hybridized carbons (Fsp3) is 0.200. The molecule has 0 fully saturated rings. The van der Waals surface area contributed by atoms with E-state index >= 15 is 0 Å². The Balaban J connectivity index is 2.21. The molecule has 2 rings (SSSR count). The summed E-state index contributed by atoms with van der Waals surface area (Å²) in [7, 11) is 0. The molecule has 2 atom stereocenters. The first-order valence-electron chi connectivity index (χ1n) is 6.44. The number of carboxylic acids is 2. The Morgan fingerprint density at radius 1 is 1.09 bits per heavy atom. The van der Waals surface area contributed by atoms with Crippen molar-refractivity contribution in [3.05, 3.63) is 40.9 Å². The van der Waals surface area contributed by atoms with Gasteiger partial charge in [-0.15, -0.1) is 0 Å². The highest BCUT2D eigenvalue weighted by atomic mass is 79.9. The number of carboxylic acid groups (broad SMARTS) is 2. The van der Waals surface area contributed by atoms with E-state index in [2.05, 4.69) is 15.9 Å². The number of hydrogen-bond donors (Lipinski definition) is 3. The third kappa shape index (κ3) is 3.96. The number of ether oxygens (including phenoxy) is 1.